The minimum Gasteiger partial charge on any atom is -0.338 e. The fraction of sp³-hybridized carbons (Fsp3) is 0.333. The van der Waals surface area contributed by atoms with E-state index < -0.39 is 10.0 Å². The van der Waals surface area contributed by atoms with Crippen LogP contribution in [0.25, 0.3) is 0 Å². The van der Waals surface area contributed by atoms with Crippen molar-refractivity contribution < 1.29 is 13.2 Å². The molecule has 24 heavy (non-hydrogen) atoms. The number of nitrogens with zero attached hydrogens (tertiary/aromatic N) is 2. The topological polar surface area (TPSA) is 79.4 Å². The molecule has 0 radical (unpaired) electrons. The Balaban J connectivity index is 2.27. The first-order chi connectivity index (χ1) is 11.3. The molecule has 6 nitrogen and oxygen atoms in total. The first-order valence-corrected chi connectivity index (χ1v) is 10.0. The molecule has 0 bridgehead atoms. The summed E-state index contributed by atoms with van der Waals surface area (Å²) in [4.78, 5) is 18.8. The number of thiazole rings is 1. The van der Waals surface area contributed by atoms with E-state index in [-0.39, 0.29) is 15.9 Å². The van der Waals surface area contributed by atoms with Crippen molar-refractivity contribution in [2.24, 2.45) is 0 Å². The number of hydrogen-bond acceptors (Lipinski definition) is 5. The Morgan fingerprint density at radius 1 is 1.25 bits per heavy atom. The van der Waals surface area contributed by atoms with Crippen LogP contribution in [0, 0.1) is 6.92 Å². The Morgan fingerprint density at radius 3 is 2.38 bits per heavy atom. The van der Waals surface area contributed by atoms with Crippen molar-refractivity contribution in [3.8, 4) is 0 Å². The van der Waals surface area contributed by atoms with E-state index in [0.29, 0.717) is 28.7 Å². The summed E-state index contributed by atoms with van der Waals surface area (Å²) in [6.07, 6.45) is 0. The molecule has 1 amide bonds. The lowest BCUT2D eigenvalue weighted by molar-refractivity contribution is 0.0777. The van der Waals surface area contributed by atoms with Crippen LogP contribution in [-0.4, -0.2) is 37.3 Å². The van der Waals surface area contributed by atoms with Gasteiger partial charge in [-0.25, -0.2) is 13.4 Å². The minimum atomic E-state index is -3.78. The summed E-state index contributed by atoms with van der Waals surface area (Å²) >= 11 is 6.80. The molecule has 0 atom stereocenters. The average Bonchev–Trinajstić information content (AvgIpc) is 2.88. The zero-order valence-electron chi connectivity index (χ0n) is 13.5. The van der Waals surface area contributed by atoms with E-state index in [1.54, 1.807) is 11.8 Å². The number of amides is 1. The van der Waals surface area contributed by atoms with Gasteiger partial charge in [-0.15, -0.1) is 0 Å². The normalized spacial score (nSPS) is 11.3. The summed E-state index contributed by atoms with van der Waals surface area (Å²) in [7, 11) is -3.78. The number of carbonyl (C=O) groups excluding carboxylic acids is 1. The molecule has 0 fully saturated rings. The van der Waals surface area contributed by atoms with Gasteiger partial charge in [-0.3, -0.25) is 9.52 Å². The van der Waals surface area contributed by atoms with Gasteiger partial charge in [0.05, 0.1) is 10.6 Å². The molecule has 1 heterocycles. The summed E-state index contributed by atoms with van der Waals surface area (Å²) in [6, 6.07) is 5.82. The average molecular weight is 388 g/mol. The number of sulfonamides is 1. The molecule has 0 spiro atoms. The van der Waals surface area contributed by atoms with Crippen LogP contribution < -0.4 is 4.72 Å². The standard InChI is InChI=1S/C15H18ClN3O3S2/c1-4-19(5-2)14(20)13-10(3)17-15(23-13)18-24(21,22)12-8-6-11(16)7-9-12/h6-9H,4-5H2,1-3H3,(H,17,18). The number of aromatic nitrogens is 1. The van der Waals surface area contributed by atoms with Gasteiger partial charge in [0.2, 0.25) is 0 Å². The van der Waals surface area contributed by atoms with Gasteiger partial charge in [0.25, 0.3) is 15.9 Å². The highest BCUT2D eigenvalue weighted by Crippen LogP contribution is 2.26. The molecule has 2 aromatic rings. The lowest BCUT2D eigenvalue weighted by atomic mass is 10.3. The number of rotatable bonds is 6. The Bertz CT molecular complexity index is 828. The molecule has 0 saturated carbocycles. The van der Waals surface area contributed by atoms with Crippen molar-refractivity contribution in [1.29, 1.82) is 0 Å². The predicted octanol–water partition coefficient (Wildman–Crippen LogP) is 3.39. The van der Waals surface area contributed by atoms with Crippen LogP contribution in [0.2, 0.25) is 5.02 Å². The van der Waals surface area contributed by atoms with Crippen LogP contribution in [0.1, 0.15) is 29.2 Å². The molecule has 0 unspecified atom stereocenters. The van der Waals surface area contributed by atoms with Gasteiger partial charge in [-0.2, -0.15) is 0 Å². The molecule has 1 aromatic heterocycles. The maximum Gasteiger partial charge on any atom is 0.265 e. The smallest absolute Gasteiger partial charge is 0.265 e. The lowest BCUT2D eigenvalue weighted by Crippen LogP contribution is -2.30. The second-order valence-corrected chi connectivity index (χ2v) is 8.09. The minimum absolute atomic E-state index is 0.0800. The fourth-order valence-corrected chi connectivity index (χ4v) is 4.38. The van der Waals surface area contributed by atoms with E-state index in [1.807, 2.05) is 13.8 Å². The monoisotopic (exact) mass is 387 g/mol. The van der Waals surface area contributed by atoms with Crippen LogP contribution in [0.3, 0.4) is 0 Å². The molecule has 0 saturated heterocycles. The first-order valence-electron chi connectivity index (χ1n) is 7.33. The van der Waals surface area contributed by atoms with Gasteiger partial charge < -0.3 is 4.90 Å². The third-order valence-electron chi connectivity index (χ3n) is 3.39. The van der Waals surface area contributed by atoms with Gasteiger partial charge in [0.15, 0.2) is 5.13 Å². The highest BCUT2D eigenvalue weighted by Gasteiger charge is 2.22. The van der Waals surface area contributed by atoms with Gasteiger partial charge in [0.1, 0.15) is 4.88 Å². The predicted molar refractivity (Wildman–Crippen MR) is 96.4 cm³/mol. The van der Waals surface area contributed by atoms with Crippen molar-refractivity contribution >= 4 is 44.0 Å². The number of hydrogen-bond donors (Lipinski definition) is 1. The highest BCUT2D eigenvalue weighted by atomic mass is 35.5. The molecule has 2 rings (SSSR count). The quantitative estimate of drug-likeness (QED) is 0.823. The van der Waals surface area contributed by atoms with Crippen molar-refractivity contribution in [2.75, 3.05) is 17.8 Å². The third-order valence-corrected chi connectivity index (χ3v) is 6.18. The molecular formula is C15H18ClN3O3S2. The number of aryl methyl sites for hydroxylation is 1. The van der Waals surface area contributed by atoms with E-state index in [9.17, 15) is 13.2 Å². The summed E-state index contributed by atoms with van der Waals surface area (Å²) in [5.74, 6) is -0.146. The zero-order chi connectivity index (χ0) is 17.9. The molecule has 130 valence electrons. The van der Waals surface area contributed by atoms with Crippen LogP contribution in [-0.2, 0) is 10.0 Å². The molecule has 9 heteroatoms. The Morgan fingerprint density at radius 2 is 1.83 bits per heavy atom. The van der Waals surface area contributed by atoms with Gasteiger partial charge >= 0.3 is 0 Å². The summed E-state index contributed by atoms with van der Waals surface area (Å²) in [6.45, 7) is 6.63. The molecule has 1 N–H and O–H groups in total. The number of halogens is 1. The Kier molecular flexibility index (Phi) is 5.84. The van der Waals surface area contributed by atoms with Gasteiger partial charge in [-0.05, 0) is 45.0 Å². The largest absolute Gasteiger partial charge is 0.338 e. The summed E-state index contributed by atoms with van der Waals surface area (Å²) < 4.78 is 27.1. The molecule has 0 aliphatic carbocycles. The van der Waals surface area contributed by atoms with Crippen molar-refractivity contribution in [1.82, 2.24) is 9.88 Å². The van der Waals surface area contributed by atoms with Gasteiger partial charge in [0, 0.05) is 18.1 Å². The van der Waals surface area contributed by atoms with E-state index >= 15 is 0 Å². The number of nitrogens with one attached hydrogen (secondary N) is 1. The third kappa shape index (κ3) is 4.06. The number of anilines is 1. The van der Waals surface area contributed by atoms with Crippen molar-refractivity contribution in [2.45, 2.75) is 25.7 Å². The maximum absolute atomic E-state index is 12.4. The van der Waals surface area contributed by atoms with Crippen LogP contribution >= 0.6 is 22.9 Å². The molecule has 0 aliphatic rings. The van der Waals surface area contributed by atoms with E-state index in [2.05, 4.69) is 9.71 Å². The van der Waals surface area contributed by atoms with E-state index in [4.69, 9.17) is 11.6 Å². The van der Waals surface area contributed by atoms with E-state index in [0.717, 1.165) is 11.3 Å². The number of benzene rings is 1. The zero-order valence-corrected chi connectivity index (χ0v) is 15.9. The van der Waals surface area contributed by atoms with Crippen molar-refractivity contribution in [3.63, 3.8) is 0 Å². The summed E-state index contributed by atoms with van der Waals surface area (Å²) in [5, 5.41) is 0.615. The summed E-state index contributed by atoms with van der Waals surface area (Å²) in [5.41, 5.74) is 0.505. The fourth-order valence-electron chi connectivity index (χ4n) is 2.08. The van der Waals surface area contributed by atoms with Crippen LogP contribution in [0.5, 0.6) is 0 Å². The molecule has 1 aromatic carbocycles. The molecular weight excluding hydrogens is 370 g/mol. The number of carbonyl (C=O) groups is 1. The SMILES string of the molecule is CCN(CC)C(=O)c1sc(NS(=O)(=O)c2ccc(Cl)cc2)nc1C. The lowest BCUT2D eigenvalue weighted by Gasteiger charge is -2.17. The maximum atomic E-state index is 12.4. The Hall–Kier alpha value is -1.64. The van der Waals surface area contributed by atoms with Gasteiger partial charge in [-0.1, -0.05) is 22.9 Å². The second kappa shape index (κ2) is 7.50. The van der Waals surface area contributed by atoms with Crippen LogP contribution in [0.15, 0.2) is 29.2 Å². The first kappa shape index (κ1) is 18.7. The van der Waals surface area contributed by atoms with E-state index in [1.165, 1.54) is 24.3 Å². The highest BCUT2D eigenvalue weighted by molar-refractivity contribution is 7.93. The molecule has 0 aliphatic heterocycles. The Labute approximate surface area is 150 Å². The second-order valence-electron chi connectivity index (χ2n) is 4.97. The van der Waals surface area contributed by atoms with Crippen LogP contribution in [0.4, 0.5) is 5.13 Å². The van der Waals surface area contributed by atoms with Crippen molar-refractivity contribution in [3.05, 3.63) is 39.9 Å².